The van der Waals surface area contributed by atoms with Crippen molar-refractivity contribution in [2.75, 3.05) is 53.2 Å². The predicted octanol–water partition coefficient (Wildman–Crippen LogP) is 3.60. The Kier molecular flexibility index (Phi) is 17.0. The maximum absolute atomic E-state index is 10.1. The van der Waals surface area contributed by atoms with E-state index in [1.807, 2.05) is 37.0 Å². The molecule has 0 radical (unpaired) electrons. The highest BCUT2D eigenvalue weighted by Crippen LogP contribution is 2.34. The van der Waals surface area contributed by atoms with E-state index in [9.17, 15) is 5.11 Å². The van der Waals surface area contributed by atoms with Gasteiger partial charge in [-0.15, -0.1) is 11.8 Å². The molecule has 0 spiro atoms. The normalized spacial score (nSPS) is 20.8. The average molecular weight is 680 g/mol. The summed E-state index contributed by atoms with van der Waals surface area (Å²) in [5.41, 5.74) is 15.0. The molecule has 0 bridgehead atoms. The highest BCUT2D eigenvalue weighted by atomic mass is 127. The molecule has 1 fully saturated rings. The third-order valence-corrected chi connectivity index (χ3v) is 8.33. The van der Waals surface area contributed by atoms with E-state index in [1.165, 1.54) is 0 Å². The minimum absolute atomic E-state index is 0.127. The minimum atomic E-state index is -0.977. The van der Waals surface area contributed by atoms with Crippen LogP contribution in [0.4, 0.5) is 0 Å². The van der Waals surface area contributed by atoms with Gasteiger partial charge in [-0.25, -0.2) is 4.99 Å². The second-order valence-corrected chi connectivity index (χ2v) is 11.6. The molecule has 10 nitrogen and oxygen atoms in total. The van der Waals surface area contributed by atoms with Crippen molar-refractivity contribution in [1.29, 1.82) is 0 Å². The first-order valence-corrected chi connectivity index (χ1v) is 15.5. The Bertz CT molecular complexity index is 883. The van der Waals surface area contributed by atoms with Crippen LogP contribution in [0.5, 0.6) is 0 Å². The summed E-state index contributed by atoms with van der Waals surface area (Å²) in [7, 11) is 3.81. The van der Waals surface area contributed by atoms with Gasteiger partial charge in [-0.2, -0.15) is 0 Å². The quantitative estimate of drug-likeness (QED) is 0.0738. The highest BCUT2D eigenvalue weighted by Gasteiger charge is 2.24. The van der Waals surface area contributed by atoms with Gasteiger partial charge in [0.25, 0.3) is 0 Å². The number of morpholine rings is 1. The van der Waals surface area contributed by atoms with E-state index in [1.54, 1.807) is 34.8 Å². The van der Waals surface area contributed by atoms with Gasteiger partial charge in [0.05, 0.1) is 25.0 Å². The maximum Gasteiger partial charge on any atom is 0.226 e. The molecule has 1 heterocycles. The van der Waals surface area contributed by atoms with E-state index in [0.717, 1.165) is 28.2 Å². The van der Waals surface area contributed by atoms with Crippen LogP contribution < -0.4 is 11.5 Å². The molecule has 0 aromatic heterocycles. The molecule has 0 aromatic carbocycles. The Labute approximate surface area is 254 Å². The summed E-state index contributed by atoms with van der Waals surface area (Å²) in [5, 5.41) is 10.1. The van der Waals surface area contributed by atoms with Gasteiger partial charge in [-0.05, 0) is 63.1 Å². The molecule has 0 saturated carbocycles. The van der Waals surface area contributed by atoms with E-state index >= 15 is 0 Å². The number of aliphatic hydroxyl groups is 1. The van der Waals surface area contributed by atoms with Gasteiger partial charge in [-0.1, -0.05) is 33.9 Å². The number of allylic oxidation sites excluding steroid dienone is 2. The van der Waals surface area contributed by atoms with Crippen LogP contribution in [0.15, 0.2) is 44.9 Å². The number of halogens is 1. The number of nitrogens with two attached hydrogens (primary N) is 2. The second kappa shape index (κ2) is 18.4. The molecule has 5 atom stereocenters. The molecule has 0 amide bonds. The van der Waals surface area contributed by atoms with Crippen LogP contribution in [0.3, 0.4) is 0 Å². The molecule has 12 heteroatoms. The molecule has 1 saturated heterocycles. The lowest BCUT2D eigenvalue weighted by molar-refractivity contribution is -0.109. The fourth-order valence-electron chi connectivity index (χ4n) is 3.88. The van der Waals surface area contributed by atoms with Crippen LogP contribution in [0, 0.1) is 11.8 Å². The first kappa shape index (κ1) is 36.0. The zero-order valence-corrected chi connectivity index (χ0v) is 27.7. The summed E-state index contributed by atoms with van der Waals surface area (Å²) in [4.78, 5) is 16.3. The zero-order chi connectivity index (χ0) is 29.7. The lowest BCUT2D eigenvalue weighted by Gasteiger charge is -2.34. The molecule has 39 heavy (non-hydrogen) atoms. The average Bonchev–Trinajstić information content (AvgIpc) is 2.92. The molecule has 5 N–H and O–H groups in total. The van der Waals surface area contributed by atoms with Crippen molar-refractivity contribution in [3.8, 4) is 0 Å². The molecular weight excluding hydrogens is 629 g/mol. The number of aliphatic imine (C=N–C) groups is 2. The Morgan fingerprint density at radius 2 is 2.03 bits per heavy atom. The van der Waals surface area contributed by atoms with Gasteiger partial charge in [-0.3, -0.25) is 23.6 Å². The number of guanidine groups is 1. The van der Waals surface area contributed by atoms with Crippen molar-refractivity contribution in [3.63, 3.8) is 0 Å². The van der Waals surface area contributed by atoms with Gasteiger partial charge in [0.15, 0.2) is 12.2 Å². The molecule has 1 aliphatic heterocycles. The van der Waals surface area contributed by atoms with Gasteiger partial charge >= 0.3 is 0 Å². The summed E-state index contributed by atoms with van der Waals surface area (Å²) < 4.78 is 10.6. The second-order valence-electron chi connectivity index (χ2n) is 10.2. The number of nitrogens with zero attached hydrogens (tertiary/aromatic N) is 5. The minimum Gasteiger partial charge on any atom is -0.377 e. The van der Waals surface area contributed by atoms with Crippen molar-refractivity contribution in [2.45, 2.75) is 59.3 Å². The predicted molar refractivity (Wildman–Crippen MR) is 174 cm³/mol. The van der Waals surface area contributed by atoms with Gasteiger partial charge in [0, 0.05) is 30.8 Å². The van der Waals surface area contributed by atoms with Crippen molar-refractivity contribution in [3.05, 3.63) is 34.9 Å². The standard InChI is InChI=1S/C27H50IN7O3S/c1-10-34(27(36)38-28)12-11-18(2)22(6)24(32-26(30)35-13-14-37-17-21(35)5)23(39-9)15-19(3)20(4)16-31-25(29)33(7)8/h16,19-21,25,27,36H,2,6,10-15,17,29H2,1,3-5,7-9H3,(H2,30,32)/b24-23+,31-16?/t19-,20-,21+,25-,27?/m0/s1. The van der Waals surface area contributed by atoms with Gasteiger partial charge in [0.1, 0.15) is 23.0 Å². The molecular formula is C27H50IN7O3S. The van der Waals surface area contributed by atoms with E-state index in [0.29, 0.717) is 45.2 Å². The third kappa shape index (κ3) is 11.8. The Morgan fingerprint density at radius 1 is 1.36 bits per heavy atom. The molecule has 0 aromatic rings. The van der Waals surface area contributed by atoms with Crippen LogP contribution in [0.1, 0.15) is 40.5 Å². The van der Waals surface area contributed by atoms with Crippen LogP contribution in [0.2, 0.25) is 0 Å². The van der Waals surface area contributed by atoms with E-state index in [-0.39, 0.29) is 24.2 Å². The number of hydrogen-bond acceptors (Lipinski definition) is 9. The van der Waals surface area contributed by atoms with Crippen molar-refractivity contribution in [2.24, 2.45) is 33.3 Å². The lowest BCUT2D eigenvalue weighted by Crippen LogP contribution is -2.50. The Morgan fingerprint density at radius 3 is 2.56 bits per heavy atom. The summed E-state index contributed by atoms with van der Waals surface area (Å²) in [6.07, 6.45) is 4.01. The number of aliphatic hydroxyl groups excluding tert-OH is 1. The first-order chi connectivity index (χ1) is 18.4. The fourth-order valence-corrected chi connectivity index (χ4v) is 4.99. The third-order valence-electron chi connectivity index (χ3n) is 7.02. The van der Waals surface area contributed by atoms with Gasteiger partial charge < -0.3 is 20.5 Å². The molecule has 224 valence electrons. The summed E-state index contributed by atoms with van der Waals surface area (Å²) in [6.45, 7) is 20.2. The number of thioether (sulfide) groups is 1. The molecule has 1 rings (SSSR count). The highest BCUT2D eigenvalue weighted by molar-refractivity contribution is 14.1. The molecule has 1 unspecified atom stereocenters. The number of hydrogen-bond donors (Lipinski definition) is 3. The van der Waals surface area contributed by atoms with Crippen LogP contribution in [-0.4, -0.2) is 104 Å². The van der Waals surface area contributed by atoms with Crippen molar-refractivity contribution in [1.82, 2.24) is 14.7 Å². The summed E-state index contributed by atoms with van der Waals surface area (Å²) in [5.74, 6) is 0.917. The van der Waals surface area contributed by atoms with Crippen LogP contribution >= 0.6 is 34.8 Å². The van der Waals surface area contributed by atoms with E-state index in [2.05, 4.69) is 50.1 Å². The Hall–Kier alpha value is -1.00. The van der Waals surface area contributed by atoms with Crippen molar-refractivity contribution >= 4 is 46.9 Å². The first-order valence-electron chi connectivity index (χ1n) is 13.4. The monoisotopic (exact) mass is 679 g/mol. The van der Waals surface area contributed by atoms with E-state index in [4.69, 9.17) is 24.3 Å². The lowest BCUT2D eigenvalue weighted by atomic mass is 9.92. The molecule has 1 aliphatic rings. The van der Waals surface area contributed by atoms with Crippen molar-refractivity contribution < 1.29 is 12.9 Å². The van der Waals surface area contributed by atoms with Crippen LogP contribution in [0.25, 0.3) is 0 Å². The van der Waals surface area contributed by atoms with Gasteiger partial charge in [0.2, 0.25) is 6.41 Å². The maximum atomic E-state index is 10.1. The number of rotatable bonds is 16. The number of ether oxygens (including phenoxy) is 1. The smallest absolute Gasteiger partial charge is 0.226 e. The summed E-state index contributed by atoms with van der Waals surface area (Å²) >= 11 is 3.35. The van der Waals surface area contributed by atoms with Crippen LogP contribution in [-0.2, 0) is 7.80 Å². The SMILES string of the molecule is C=C(CCN(CC)C(O)OI)C(=C)/C(N=C(N)N1CCOC[C@H]1C)=C(/C[C@H](C)[C@@H](C)C=N[C@H](N)N(C)C)SC. The molecule has 0 aliphatic carbocycles. The topological polar surface area (TPSA) is 125 Å². The largest absolute Gasteiger partial charge is 0.377 e. The Balaban J connectivity index is 3.32. The summed E-state index contributed by atoms with van der Waals surface area (Å²) in [6, 6.07) is 0.127. The van der Waals surface area contributed by atoms with E-state index < -0.39 is 6.41 Å². The fraction of sp³-hybridized carbons (Fsp3) is 0.704. The zero-order valence-electron chi connectivity index (χ0n) is 24.8.